The zero-order valence-corrected chi connectivity index (χ0v) is 17.0. The van der Waals surface area contributed by atoms with Crippen LogP contribution in [0.15, 0.2) is 65.7 Å². The lowest BCUT2D eigenvalue weighted by molar-refractivity contribution is 0.0697. The predicted octanol–water partition coefficient (Wildman–Crippen LogP) is 4.42. The predicted molar refractivity (Wildman–Crippen MR) is 115 cm³/mol. The Labute approximate surface area is 180 Å². The fourth-order valence-electron chi connectivity index (χ4n) is 3.27. The number of rotatable bonds is 5. The van der Waals surface area contributed by atoms with E-state index in [0.29, 0.717) is 21.9 Å². The summed E-state index contributed by atoms with van der Waals surface area (Å²) in [5, 5.41) is 12.6. The highest BCUT2D eigenvalue weighted by Gasteiger charge is 2.19. The molecule has 31 heavy (non-hydrogen) atoms. The van der Waals surface area contributed by atoms with Gasteiger partial charge in [-0.15, -0.1) is 0 Å². The molecule has 0 aliphatic heterocycles. The lowest BCUT2D eigenvalue weighted by atomic mass is 10.1. The van der Waals surface area contributed by atoms with Gasteiger partial charge in [0.15, 0.2) is 0 Å². The van der Waals surface area contributed by atoms with Crippen LogP contribution in [0.2, 0.25) is 5.02 Å². The molecule has 0 aliphatic carbocycles. The number of aromatic carboxylic acids is 1. The Balaban J connectivity index is 1.84. The minimum atomic E-state index is -1.32. The second kappa shape index (κ2) is 8.16. The molecule has 0 saturated heterocycles. The average Bonchev–Trinajstić information content (AvgIpc) is 2.75. The summed E-state index contributed by atoms with van der Waals surface area (Å²) in [7, 11) is 0. The Bertz CT molecular complexity index is 1360. The number of pyridine rings is 2. The number of anilines is 1. The number of aromatic nitrogens is 3. The summed E-state index contributed by atoms with van der Waals surface area (Å²) < 4.78 is 14.8. The standard InChI is InChI=1S/C22H16ClFN4O3/c1-12(26-20-17(22(30)31)8-15(24)10-25-20)16-7-14(23)11-28-19(29)9-18(27-21(16)28)13-5-3-2-4-6-13/h2-12H,1H3,(H,25,26)(H,30,31)/t12-/m1/s1. The van der Waals surface area contributed by atoms with Crippen molar-refractivity contribution in [3.63, 3.8) is 0 Å². The van der Waals surface area contributed by atoms with Crippen molar-refractivity contribution >= 4 is 29.0 Å². The van der Waals surface area contributed by atoms with Crippen molar-refractivity contribution < 1.29 is 14.3 Å². The van der Waals surface area contributed by atoms with Gasteiger partial charge >= 0.3 is 5.97 Å². The Morgan fingerprint density at radius 1 is 1.23 bits per heavy atom. The Hall–Kier alpha value is -3.78. The van der Waals surface area contributed by atoms with Crippen molar-refractivity contribution in [3.05, 3.63) is 93.2 Å². The number of hydrogen-bond acceptors (Lipinski definition) is 5. The zero-order valence-electron chi connectivity index (χ0n) is 16.2. The number of nitrogens with zero attached hydrogens (tertiary/aromatic N) is 3. The fraction of sp³-hybridized carbons (Fsp3) is 0.0909. The van der Waals surface area contributed by atoms with Crippen molar-refractivity contribution in [3.8, 4) is 11.3 Å². The van der Waals surface area contributed by atoms with E-state index in [2.05, 4.69) is 15.3 Å². The van der Waals surface area contributed by atoms with Gasteiger partial charge in [0.25, 0.3) is 5.56 Å². The molecule has 0 spiro atoms. The molecule has 0 aliphatic rings. The highest BCUT2D eigenvalue weighted by molar-refractivity contribution is 6.30. The van der Waals surface area contributed by atoms with Crippen molar-refractivity contribution in [2.75, 3.05) is 5.32 Å². The van der Waals surface area contributed by atoms with E-state index in [-0.39, 0.29) is 16.9 Å². The molecule has 0 fully saturated rings. The topological polar surface area (TPSA) is 96.6 Å². The van der Waals surface area contributed by atoms with Crippen LogP contribution in [-0.4, -0.2) is 25.4 Å². The van der Waals surface area contributed by atoms with Crippen LogP contribution in [0.25, 0.3) is 16.9 Å². The first kappa shape index (κ1) is 20.5. The molecule has 9 heteroatoms. The maximum atomic E-state index is 13.5. The average molecular weight is 439 g/mol. The third-order valence-electron chi connectivity index (χ3n) is 4.73. The lowest BCUT2D eigenvalue weighted by Gasteiger charge is -2.19. The summed E-state index contributed by atoms with van der Waals surface area (Å²) in [6.45, 7) is 1.74. The molecule has 0 amide bonds. The first-order valence-electron chi connectivity index (χ1n) is 9.27. The number of fused-ring (bicyclic) bond motifs is 1. The molecule has 0 saturated carbocycles. The van der Waals surface area contributed by atoms with Gasteiger partial charge in [0.05, 0.1) is 23.0 Å². The highest BCUT2D eigenvalue weighted by atomic mass is 35.5. The third kappa shape index (κ3) is 4.10. The molecule has 0 bridgehead atoms. The van der Waals surface area contributed by atoms with E-state index in [9.17, 15) is 19.1 Å². The van der Waals surface area contributed by atoms with E-state index in [1.54, 1.807) is 13.0 Å². The van der Waals surface area contributed by atoms with Crippen LogP contribution in [0, 0.1) is 5.82 Å². The number of benzene rings is 1. The Kier molecular flexibility index (Phi) is 5.39. The lowest BCUT2D eigenvalue weighted by Crippen LogP contribution is -2.19. The second-order valence-electron chi connectivity index (χ2n) is 6.87. The maximum absolute atomic E-state index is 13.5. The molecular weight excluding hydrogens is 423 g/mol. The first-order valence-corrected chi connectivity index (χ1v) is 9.65. The number of carboxylic acid groups (broad SMARTS) is 1. The molecule has 1 atom stereocenters. The van der Waals surface area contributed by atoms with Crippen LogP contribution in [0.1, 0.15) is 28.9 Å². The molecule has 0 unspecified atom stereocenters. The summed E-state index contributed by atoms with van der Waals surface area (Å²) in [6.07, 6.45) is 2.39. The molecule has 1 aromatic carbocycles. The van der Waals surface area contributed by atoms with Gasteiger partial charge in [-0.25, -0.2) is 19.2 Å². The summed E-state index contributed by atoms with van der Waals surface area (Å²) in [6, 6.07) is 12.6. The van der Waals surface area contributed by atoms with Gasteiger partial charge in [-0.05, 0) is 19.1 Å². The van der Waals surface area contributed by atoms with E-state index >= 15 is 0 Å². The van der Waals surface area contributed by atoms with E-state index in [1.165, 1.54) is 16.7 Å². The quantitative estimate of drug-likeness (QED) is 0.478. The number of carbonyl (C=O) groups is 1. The van der Waals surface area contributed by atoms with Crippen LogP contribution >= 0.6 is 11.6 Å². The van der Waals surface area contributed by atoms with Gasteiger partial charge in [-0.1, -0.05) is 41.9 Å². The van der Waals surface area contributed by atoms with Gasteiger partial charge in [-0.3, -0.25) is 9.20 Å². The normalized spacial score (nSPS) is 12.0. The first-order chi connectivity index (χ1) is 14.8. The van der Waals surface area contributed by atoms with Crippen molar-refractivity contribution in [1.29, 1.82) is 0 Å². The fourth-order valence-corrected chi connectivity index (χ4v) is 3.48. The van der Waals surface area contributed by atoms with Crippen molar-refractivity contribution in [2.24, 2.45) is 0 Å². The molecule has 2 N–H and O–H groups in total. The van der Waals surface area contributed by atoms with E-state index in [4.69, 9.17) is 11.6 Å². The zero-order chi connectivity index (χ0) is 22.1. The second-order valence-corrected chi connectivity index (χ2v) is 7.31. The third-order valence-corrected chi connectivity index (χ3v) is 4.94. The molecule has 0 radical (unpaired) electrons. The summed E-state index contributed by atoms with van der Waals surface area (Å²) in [4.78, 5) is 32.7. The molecule has 156 valence electrons. The Morgan fingerprint density at radius 2 is 1.97 bits per heavy atom. The van der Waals surface area contributed by atoms with Gasteiger partial charge in [0.2, 0.25) is 0 Å². The van der Waals surface area contributed by atoms with Crippen LogP contribution in [0.3, 0.4) is 0 Å². The van der Waals surface area contributed by atoms with E-state index in [0.717, 1.165) is 17.8 Å². The van der Waals surface area contributed by atoms with Crippen molar-refractivity contribution in [1.82, 2.24) is 14.4 Å². The summed E-state index contributed by atoms with van der Waals surface area (Å²) in [5.41, 5.74) is 1.54. The molecule has 3 heterocycles. The largest absolute Gasteiger partial charge is 0.478 e. The van der Waals surface area contributed by atoms with Crippen LogP contribution < -0.4 is 10.9 Å². The van der Waals surface area contributed by atoms with Crippen molar-refractivity contribution in [2.45, 2.75) is 13.0 Å². The summed E-state index contributed by atoms with van der Waals surface area (Å²) >= 11 is 6.23. The molecule has 7 nitrogen and oxygen atoms in total. The number of carboxylic acids is 1. The van der Waals surface area contributed by atoms with Gasteiger partial charge in [0, 0.05) is 23.4 Å². The SMILES string of the molecule is C[C@@H](Nc1ncc(F)cc1C(=O)O)c1cc(Cl)cn2c(=O)cc(-c3ccccc3)nc12. The van der Waals surface area contributed by atoms with E-state index in [1.807, 2.05) is 30.3 Å². The molecule has 3 aromatic heterocycles. The minimum Gasteiger partial charge on any atom is -0.478 e. The highest BCUT2D eigenvalue weighted by Crippen LogP contribution is 2.27. The molecule has 4 aromatic rings. The van der Waals surface area contributed by atoms with E-state index < -0.39 is 17.8 Å². The monoisotopic (exact) mass is 438 g/mol. The van der Waals surface area contributed by atoms with Gasteiger partial charge in [0.1, 0.15) is 22.8 Å². The van der Waals surface area contributed by atoms with Crippen LogP contribution in [-0.2, 0) is 0 Å². The Morgan fingerprint density at radius 3 is 2.68 bits per heavy atom. The minimum absolute atomic E-state index is 0.0129. The van der Waals surface area contributed by atoms with Crippen LogP contribution in [0.4, 0.5) is 10.2 Å². The summed E-state index contributed by atoms with van der Waals surface area (Å²) in [5.74, 6) is -2.09. The van der Waals surface area contributed by atoms with Gasteiger partial charge < -0.3 is 10.4 Å². The number of nitrogens with one attached hydrogen (secondary N) is 1. The molecule has 4 rings (SSSR count). The maximum Gasteiger partial charge on any atom is 0.339 e. The smallest absolute Gasteiger partial charge is 0.339 e. The number of halogens is 2. The van der Waals surface area contributed by atoms with Crippen LogP contribution in [0.5, 0.6) is 0 Å². The van der Waals surface area contributed by atoms with Gasteiger partial charge in [-0.2, -0.15) is 0 Å². The number of hydrogen-bond donors (Lipinski definition) is 2. The molecular formula is C22H16ClFN4O3.